The predicted octanol–water partition coefficient (Wildman–Crippen LogP) is 1.51. The van der Waals surface area contributed by atoms with Gasteiger partial charge in [-0.1, -0.05) is 0 Å². The van der Waals surface area contributed by atoms with Crippen molar-refractivity contribution in [3.8, 4) is 0 Å². The van der Waals surface area contributed by atoms with Gasteiger partial charge in [0.1, 0.15) is 0 Å². The summed E-state index contributed by atoms with van der Waals surface area (Å²) < 4.78 is 7.09. The molecule has 0 aliphatic heterocycles. The van der Waals surface area contributed by atoms with Crippen LogP contribution in [-0.2, 0) is 11.3 Å². The van der Waals surface area contributed by atoms with Gasteiger partial charge in [-0.15, -0.1) is 0 Å². The third-order valence-electron chi connectivity index (χ3n) is 2.58. The van der Waals surface area contributed by atoms with Crippen molar-refractivity contribution in [3.05, 3.63) is 17.5 Å². The highest BCUT2D eigenvalue weighted by atomic mass is 16.5. The number of nitrogens with one attached hydrogen (secondary N) is 1. The third kappa shape index (κ3) is 3.32. The van der Waals surface area contributed by atoms with Gasteiger partial charge in [-0.05, 0) is 27.3 Å². The average Bonchev–Trinajstić information content (AvgIpc) is 2.58. The van der Waals surface area contributed by atoms with E-state index in [4.69, 9.17) is 4.74 Å². The number of hydrogen-bond acceptors (Lipinski definition) is 3. The maximum Gasteiger partial charge on any atom is 0.0638 e. The minimum absolute atomic E-state index is 0.397. The standard InChI is InChI=1S/C11H21N3O/c1-9(5-6-15-4)14-8-11(7-12-3)10(2)13-14/h8-9,12H,5-7H2,1-4H3. The van der Waals surface area contributed by atoms with Gasteiger partial charge in [-0.3, -0.25) is 4.68 Å². The van der Waals surface area contributed by atoms with E-state index in [1.807, 2.05) is 18.7 Å². The molecule has 0 bridgehead atoms. The van der Waals surface area contributed by atoms with Gasteiger partial charge >= 0.3 is 0 Å². The topological polar surface area (TPSA) is 39.1 Å². The van der Waals surface area contributed by atoms with Crippen LogP contribution in [0.2, 0.25) is 0 Å². The van der Waals surface area contributed by atoms with Crippen molar-refractivity contribution in [1.82, 2.24) is 15.1 Å². The molecule has 0 amide bonds. The van der Waals surface area contributed by atoms with Crippen LogP contribution in [0.3, 0.4) is 0 Å². The molecule has 0 aromatic carbocycles. The van der Waals surface area contributed by atoms with Crippen molar-refractivity contribution in [1.29, 1.82) is 0 Å². The first-order valence-electron chi connectivity index (χ1n) is 5.37. The molecule has 0 spiro atoms. The first kappa shape index (κ1) is 12.2. The molecule has 1 unspecified atom stereocenters. The van der Waals surface area contributed by atoms with E-state index in [0.717, 1.165) is 25.3 Å². The van der Waals surface area contributed by atoms with E-state index in [2.05, 4.69) is 23.5 Å². The molecule has 15 heavy (non-hydrogen) atoms. The quantitative estimate of drug-likeness (QED) is 0.775. The Hall–Kier alpha value is -0.870. The summed E-state index contributed by atoms with van der Waals surface area (Å²) in [6, 6.07) is 0.397. The van der Waals surface area contributed by atoms with Gasteiger partial charge < -0.3 is 10.1 Å². The lowest BCUT2D eigenvalue weighted by atomic mass is 10.2. The average molecular weight is 211 g/mol. The van der Waals surface area contributed by atoms with Gasteiger partial charge in [0.25, 0.3) is 0 Å². The Morgan fingerprint density at radius 3 is 2.93 bits per heavy atom. The molecule has 1 aromatic heterocycles. The van der Waals surface area contributed by atoms with Crippen LogP contribution in [0, 0.1) is 6.92 Å². The molecular weight excluding hydrogens is 190 g/mol. The number of methoxy groups -OCH3 is 1. The second kappa shape index (κ2) is 5.88. The normalized spacial score (nSPS) is 13.1. The Balaban J connectivity index is 2.64. The van der Waals surface area contributed by atoms with Crippen molar-refractivity contribution >= 4 is 0 Å². The van der Waals surface area contributed by atoms with E-state index in [0.29, 0.717) is 6.04 Å². The van der Waals surface area contributed by atoms with Crippen LogP contribution in [0.15, 0.2) is 6.20 Å². The van der Waals surface area contributed by atoms with Crippen molar-refractivity contribution in [2.45, 2.75) is 32.9 Å². The van der Waals surface area contributed by atoms with E-state index in [-0.39, 0.29) is 0 Å². The fraction of sp³-hybridized carbons (Fsp3) is 0.727. The lowest BCUT2D eigenvalue weighted by Gasteiger charge is -2.10. The Morgan fingerprint density at radius 1 is 1.60 bits per heavy atom. The smallest absolute Gasteiger partial charge is 0.0638 e. The molecule has 0 radical (unpaired) electrons. The number of ether oxygens (including phenoxy) is 1. The summed E-state index contributed by atoms with van der Waals surface area (Å²) in [6.07, 6.45) is 3.11. The minimum Gasteiger partial charge on any atom is -0.385 e. The van der Waals surface area contributed by atoms with Crippen LogP contribution in [-0.4, -0.2) is 30.5 Å². The van der Waals surface area contributed by atoms with Gasteiger partial charge in [0.2, 0.25) is 0 Å². The number of aromatic nitrogens is 2. The zero-order valence-electron chi connectivity index (χ0n) is 10.1. The first-order valence-corrected chi connectivity index (χ1v) is 5.37. The summed E-state index contributed by atoms with van der Waals surface area (Å²) in [5.74, 6) is 0. The van der Waals surface area contributed by atoms with Gasteiger partial charge in [0, 0.05) is 32.0 Å². The number of hydrogen-bond donors (Lipinski definition) is 1. The second-order valence-corrected chi connectivity index (χ2v) is 3.88. The molecule has 1 heterocycles. The SMILES string of the molecule is CNCc1cn(C(C)CCOC)nc1C. The van der Waals surface area contributed by atoms with E-state index in [1.165, 1.54) is 5.56 Å². The highest BCUT2D eigenvalue weighted by Crippen LogP contribution is 2.13. The van der Waals surface area contributed by atoms with Gasteiger partial charge in [0.15, 0.2) is 0 Å². The molecule has 0 aliphatic carbocycles. The molecule has 4 nitrogen and oxygen atoms in total. The van der Waals surface area contributed by atoms with Crippen LogP contribution < -0.4 is 5.32 Å². The largest absolute Gasteiger partial charge is 0.385 e. The molecule has 1 rings (SSSR count). The summed E-state index contributed by atoms with van der Waals surface area (Å²) in [7, 11) is 3.68. The van der Waals surface area contributed by atoms with Crippen molar-refractivity contribution in [3.63, 3.8) is 0 Å². The van der Waals surface area contributed by atoms with Crippen LogP contribution >= 0.6 is 0 Å². The monoisotopic (exact) mass is 211 g/mol. The van der Waals surface area contributed by atoms with Crippen molar-refractivity contribution in [2.75, 3.05) is 20.8 Å². The Kier molecular flexibility index (Phi) is 4.78. The zero-order chi connectivity index (χ0) is 11.3. The Labute approximate surface area is 91.6 Å². The van der Waals surface area contributed by atoms with Gasteiger partial charge in [0.05, 0.1) is 11.7 Å². The molecule has 4 heteroatoms. The van der Waals surface area contributed by atoms with E-state index in [9.17, 15) is 0 Å². The highest BCUT2D eigenvalue weighted by Gasteiger charge is 2.09. The van der Waals surface area contributed by atoms with Crippen LogP contribution in [0.5, 0.6) is 0 Å². The molecule has 86 valence electrons. The number of nitrogens with zero attached hydrogens (tertiary/aromatic N) is 2. The van der Waals surface area contributed by atoms with E-state index >= 15 is 0 Å². The molecule has 1 atom stereocenters. The molecular formula is C11H21N3O. The molecule has 0 saturated carbocycles. The van der Waals surface area contributed by atoms with E-state index in [1.54, 1.807) is 7.11 Å². The Morgan fingerprint density at radius 2 is 2.33 bits per heavy atom. The van der Waals surface area contributed by atoms with Gasteiger partial charge in [-0.2, -0.15) is 5.10 Å². The maximum absolute atomic E-state index is 5.07. The second-order valence-electron chi connectivity index (χ2n) is 3.88. The van der Waals surface area contributed by atoms with Crippen molar-refractivity contribution in [2.24, 2.45) is 0 Å². The minimum atomic E-state index is 0.397. The lowest BCUT2D eigenvalue weighted by molar-refractivity contribution is 0.178. The maximum atomic E-state index is 5.07. The van der Waals surface area contributed by atoms with Crippen LogP contribution in [0.1, 0.15) is 30.6 Å². The molecule has 0 aliphatic rings. The Bertz CT molecular complexity index is 296. The highest BCUT2D eigenvalue weighted by molar-refractivity contribution is 5.15. The zero-order valence-corrected chi connectivity index (χ0v) is 10.1. The first-order chi connectivity index (χ1) is 7.19. The predicted molar refractivity (Wildman–Crippen MR) is 60.9 cm³/mol. The van der Waals surface area contributed by atoms with Crippen LogP contribution in [0.25, 0.3) is 0 Å². The molecule has 1 N–H and O–H groups in total. The van der Waals surface area contributed by atoms with Crippen molar-refractivity contribution < 1.29 is 4.74 Å². The summed E-state index contributed by atoms with van der Waals surface area (Å²) in [5, 5.41) is 7.65. The lowest BCUT2D eigenvalue weighted by Crippen LogP contribution is -2.08. The number of rotatable bonds is 6. The summed E-state index contributed by atoms with van der Waals surface area (Å²) in [4.78, 5) is 0. The van der Waals surface area contributed by atoms with E-state index < -0.39 is 0 Å². The molecule has 1 aromatic rings. The van der Waals surface area contributed by atoms with Crippen LogP contribution in [0.4, 0.5) is 0 Å². The molecule has 0 fully saturated rings. The summed E-state index contributed by atoms with van der Waals surface area (Å²) >= 11 is 0. The fourth-order valence-electron chi connectivity index (χ4n) is 1.53. The molecule has 0 saturated heterocycles. The third-order valence-corrected chi connectivity index (χ3v) is 2.58. The number of aryl methyl sites for hydroxylation is 1. The summed E-state index contributed by atoms with van der Waals surface area (Å²) in [5.41, 5.74) is 2.37. The summed E-state index contributed by atoms with van der Waals surface area (Å²) in [6.45, 7) is 5.87. The van der Waals surface area contributed by atoms with Gasteiger partial charge in [-0.25, -0.2) is 0 Å². The fourth-order valence-corrected chi connectivity index (χ4v) is 1.53.